The van der Waals surface area contributed by atoms with Crippen LogP contribution in [0.25, 0.3) is 0 Å². The van der Waals surface area contributed by atoms with E-state index in [2.05, 4.69) is 10.3 Å². The summed E-state index contributed by atoms with van der Waals surface area (Å²) in [5, 5.41) is 4.10. The summed E-state index contributed by atoms with van der Waals surface area (Å²) in [4.78, 5) is 31.4. The van der Waals surface area contributed by atoms with Crippen LogP contribution in [0.1, 0.15) is 25.0 Å². The highest BCUT2D eigenvalue weighted by Crippen LogP contribution is 2.26. The summed E-state index contributed by atoms with van der Waals surface area (Å²) in [5.41, 5.74) is 1.66. The largest absolute Gasteiger partial charge is 0.340 e. The van der Waals surface area contributed by atoms with Gasteiger partial charge in [0.1, 0.15) is 0 Å². The predicted molar refractivity (Wildman–Crippen MR) is 113 cm³/mol. The lowest BCUT2D eigenvalue weighted by atomic mass is 9.83. The summed E-state index contributed by atoms with van der Waals surface area (Å²) < 4.78 is 0. The van der Waals surface area contributed by atoms with Gasteiger partial charge in [0, 0.05) is 39.8 Å². The molecule has 5 nitrogen and oxygen atoms in total. The highest BCUT2D eigenvalue weighted by Gasteiger charge is 2.35. The third-order valence-corrected chi connectivity index (χ3v) is 6.21. The van der Waals surface area contributed by atoms with Crippen molar-refractivity contribution in [2.75, 3.05) is 39.8 Å². The van der Waals surface area contributed by atoms with Crippen molar-refractivity contribution in [2.24, 2.45) is 0 Å². The minimum atomic E-state index is -0.542. The first kappa shape index (κ1) is 20.6. The number of rotatable bonds is 6. The minimum absolute atomic E-state index is 0.121. The first-order valence-electron chi connectivity index (χ1n) is 9.70. The molecule has 0 saturated carbocycles. The van der Waals surface area contributed by atoms with Gasteiger partial charge in [-0.25, -0.2) is 0 Å². The second kappa shape index (κ2) is 8.88. The molecule has 1 aliphatic heterocycles. The van der Waals surface area contributed by atoms with Gasteiger partial charge >= 0.3 is 0 Å². The number of nitrogens with zero attached hydrogens (tertiary/aromatic N) is 3. The summed E-state index contributed by atoms with van der Waals surface area (Å²) in [5.74, 6) is 0.273. The van der Waals surface area contributed by atoms with Gasteiger partial charge in [-0.3, -0.25) is 14.5 Å². The van der Waals surface area contributed by atoms with Crippen molar-refractivity contribution in [3.05, 3.63) is 58.3 Å². The maximum atomic E-state index is 13.1. The van der Waals surface area contributed by atoms with Gasteiger partial charge in [-0.05, 0) is 41.8 Å². The third-order valence-electron chi connectivity index (χ3n) is 5.47. The number of likely N-dealkylation sites (N-methyl/N-ethyl adjacent to an activating group) is 1. The molecule has 0 unspecified atom stereocenters. The highest BCUT2D eigenvalue weighted by atomic mass is 32.1. The van der Waals surface area contributed by atoms with Crippen LogP contribution in [-0.4, -0.2) is 66.3 Å². The topological polar surface area (TPSA) is 43.9 Å². The van der Waals surface area contributed by atoms with Crippen LogP contribution < -0.4 is 0 Å². The van der Waals surface area contributed by atoms with Gasteiger partial charge < -0.3 is 9.80 Å². The zero-order valence-electron chi connectivity index (χ0n) is 16.9. The number of carbonyl (C=O) groups is 2. The Kier molecular flexibility index (Phi) is 6.52. The summed E-state index contributed by atoms with van der Waals surface area (Å²) in [6.45, 7) is 7.81. The van der Waals surface area contributed by atoms with Crippen molar-refractivity contribution in [3.63, 3.8) is 0 Å². The molecule has 0 spiro atoms. The van der Waals surface area contributed by atoms with Crippen molar-refractivity contribution < 1.29 is 9.59 Å². The Morgan fingerprint density at radius 1 is 1.07 bits per heavy atom. The molecule has 0 N–H and O–H groups in total. The van der Waals surface area contributed by atoms with E-state index in [1.54, 1.807) is 16.2 Å². The maximum Gasteiger partial charge on any atom is 0.236 e. The van der Waals surface area contributed by atoms with Gasteiger partial charge in [-0.15, -0.1) is 0 Å². The number of amides is 2. The molecule has 1 saturated heterocycles. The van der Waals surface area contributed by atoms with Gasteiger partial charge in [0.05, 0.1) is 12.0 Å². The van der Waals surface area contributed by atoms with E-state index in [0.717, 1.165) is 18.7 Å². The average Bonchev–Trinajstić information content (AvgIpc) is 3.21. The standard InChI is InChI=1S/C22H29N3O2S/c1-22(2,19-7-5-4-6-8-19)21(27)25-12-10-24(11-13-25)16-20(26)23(3)15-18-9-14-28-17-18/h4-9,14,17H,10-13,15-16H2,1-3H3. The summed E-state index contributed by atoms with van der Waals surface area (Å²) in [6.07, 6.45) is 0. The molecule has 3 rings (SSSR count). The lowest BCUT2D eigenvalue weighted by Gasteiger charge is -2.39. The van der Waals surface area contributed by atoms with Crippen molar-refractivity contribution in [1.29, 1.82) is 0 Å². The van der Waals surface area contributed by atoms with Gasteiger partial charge in [-0.2, -0.15) is 11.3 Å². The van der Waals surface area contributed by atoms with E-state index in [-0.39, 0.29) is 11.8 Å². The fraction of sp³-hybridized carbons (Fsp3) is 0.455. The van der Waals surface area contributed by atoms with Gasteiger partial charge in [-0.1, -0.05) is 30.3 Å². The Bertz CT molecular complexity index is 781. The Balaban J connectivity index is 1.50. The van der Waals surface area contributed by atoms with Crippen LogP contribution in [0.3, 0.4) is 0 Å². The molecule has 28 heavy (non-hydrogen) atoms. The van der Waals surface area contributed by atoms with Crippen LogP contribution in [0, 0.1) is 0 Å². The van der Waals surface area contributed by atoms with E-state index in [1.807, 2.05) is 67.6 Å². The monoisotopic (exact) mass is 399 g/mol. The van der Waals surface area contributed by atoms with E-state index in [9.17, 15) is 9.59 Å². The quantitative estimate of drug-likeness (QED) is 0.750. The number of thiophene rings is 1. The molecule has 6 heteroatoms. The molecular weight excluding hydrogens is 370 g/mol. The molecular formula is C22H29N3O2S. The highest BCUT2D eigenvalue weighted by molar-refractivity contribution is 7.07. The fourth-order valence-electron chi connectivity index (χ4n) is 3.54. The lowest BCUT2D eigenvalue weighted by molar-refractivity contribution is -0.138. The summed E-state index contributed by atoms with van der Waals surface area (Å²) >= 11 is 1.65. The lowest BCUT2D eigenvalue weighted by Crippen LogP contribution is -2.54. The Labute approximate surface area is 171 Å². The molecule has 0 bridgehead atoms. The van der Waals surface area contributed by atoms with Crippen LogP contribution in [0.2, 0.25) is 0 Å². The van der Waals surface area contributed by atoms with Crippen LogP contribution in [0.4, 0.5) is 0 Å². The van der Waals surface area contributed by atoms with Crippen molar-refractivity contribution in [1.82, 2.24) is 14.7 Å². The minimum Gasteiger partial charge on any atom is -0.340 e. The molecule has 2 amide bonds. The second-order valence-electron chi connectivity index (χ2n) is 7.94. The summed E-state index contributed by atoms with van der Waals surface area (Å²) in [7, 11) is 1.85. The molecule has 1 fully saturated rings. The molecule has 0 atom stereocenters. The van der Waals surface area contributed by atoms with Gasteiger partial charge in [0.2, 0.25) is 11.8 Å². The molecule has 1 aromatic carbocycles. The molecule has 2 heterocycles. The van der Waals surface area contributed by atoms with Crippen LogP contribution in [-0.2, 0) is 21.5 Å². The number of benzene rings is 1. The predicted octanol–water partition coefficient (Wildman–Crippen LogP) is 2.83. The van der Waals surface area contributed by atoms with Crippen molar-refractivity contribution in [3.8, 4) is 0 Å². The number of piperazine rings is 1. The zero-order chi connectivity index (χ0) is 20.1. The SMILES string of the molecule is CN(Cc1ccsc1)C(=O)CN1CCN(C(=O)C(C)(C)c2ccccc2)CC1. The van der Waals surface area contributed by atoms with E-state index < -0.39 is 5.41 Å². The molecule has 2 aromatic rings. The molecule has 0 radical (unpaired) electrons. The molecule has 150 valence electrons. The van der Waals surface area contributed by atoms with E-state index in [4.69, 9.17) is 0 Å². The van der Waals surface area contributed by atoms with Crippen molar-refractivity contribution >= 4 is 23.2 Å². The fourth-order valence-corrected chi connectivity index (χ4v) is 4.20. The Hall–Kier alpha value is -2.18. The van der Waals surface area contributed by atoms with Crippen LogP contribution in [0.15, 0.2) is 47.2 Å². The number of hydrogen-bond donors (Lipinski definition) is 0. The average molecular weight is 400 g/mol. The van der Waals surface area contributed by atoms with E-state index in [1.165, 1.54) is 5.56 Å². The van der Waals surface area contributed by atoms with E-state index >= 15 is 0 Å². The number of hydrogen-bond acceptors (Lipinski definition) is 4. The molecule has 1 aliphatic rings. The van der Waals surface area contributed by atoms with Gasteiger partial charge in [0.15, 0.2) is 0 Å². The normalized spacial score (nSPS) is 15.5. The summed E-state index contributed by atoms with van der Waals surface area (Å²) in [6, 6.07) is 12.0. The second-order valence-corrected chi connectivity index (χ2v) is 8.72. The maximum absolute atomic E-state index is 13.1. The van der Waals surface area contributed by atoms with Crippen LogP contribution in [0.5, 0.6) is 0 Å². The molecule has 1 aromatic heterocycles. The molecule has 0 aliphatic carbocycles. The first-order valence-corrected chi connectivity index (χ1v) is 10.6. The number of carbonyl (C=O) groups excluding carboxylic acids is 2. The first-order chi connectivity index (χ1) is 13.4. The van der Waals surface area contributed by atoms with Crippen LogP contribution >= 0.6 is 11.3 Å². The van der Waals surface area contributed by atoms with Gasteiger partial charge in [0.25, 0.3) is 0 Å². The third kappa shape index (κ3) is 4.80. The zero-order valence-corrected chi connectivity index (χ0v) is 17.7. The Morgan fingerprint density at radius 2 is 1.75 bits per heavy atom. The van der Waals surface area contributed by atoms with Crippen molar-refractivity contribution in [2.45, 2.75) is 25.8 Å². The Morgan fingerprint density at radius 3 is 2.36 bits per heavy atom. The smallest absolute Gasteiger partial charge is 0.236 e. The van der Waals surface area contributed by atoms with E-state index in [0.29, 0.717) is 26.2 Å².